The molecule has 2 amide bonds. The molecule has 2 aliphatic rings. The Hall–Kier alpha value is -2.77. The van der Waals surface area contributed by atoms with E-state index in [-0.39, 0.29) is 30.3 Å². The normalized spacial score (nSPS) is 16.5. The van der Waals surface area contributed by atoms with Crippen LogP contribution in [0.3, 0.4) is 0 Å². The van der Waals surface area contributed by atoms with Gasteiger partial charge in [-0.15, -0.1) is 0 Å². The highest BCUT2D eigenvalue weighted by molar-refractivity contribution is 5.94. The summed E-state index contributed by atoms with van der Waals surface area (Å²) in [6, 6.07) is 3.09. The molecule has 3 heterocycles. The summed E-state index contributed by atoms with van der Waals surface area (Å²) in [6.45, 7) is 2.14. The Morgan fingerprint density at radius 1 is 1.11 bits per heavy atom. The number of rotatable bonds is 3. The number of carbonyl (C=O) groups excluding carboxylic acids is 2. The SMILES string of the molecule is O=C(Cc1cc(F)ccc1F)N1CCc2[nH]nc(C(=O)N3CCCC3)c2C1. The molecule has 1 saturated heterocycles. The summed E-state index contributed by atoms with van der Waals surface area (Å²) in [4.78, 5) is 28.6. The second-order valence-corrected chi connectivity index (χ2v) is 7.01. The fourth-order valence-corrected chi connectivity index (χ4v) is 3.71. The Morgan fingerprint density at radius 2 is 1.89 bits per heavy atom. The molecule has 1 aromatic heterocycles. The molecule has 8 heteroatoms. The third-order valence-electron chi connectivity index (χ3n) is 5.23. The van der Waals surface area contributed by atoms with Crippen molar-refractivity contribution in [3.05, 3.63) is 52.3 Å². The van der Waals surface area contributed by atoms with Crippen LogP contribution in [0.1, 0.15) is 40.2 Å². The van der Waals surface area contributed by atoms with Crippen molar-refractivity contribution in [2.75, 3.05) is 19.6 Å². The molecule has 27 heavy (non-hydrogen) atoms. The van der Waals surface area contributed by atoms with Gasteiger partial charge in [0.05, 0.1) is 6.42 Å². The molecule has 0 radical (unpaired) electrons. The van der Waals surface area contributed by atoms with E-state index in [0.717, 1.165) is 55.4 Å². The van der Waals surface area contributed by atoms with Crippen molar-refractivity contribution < 1.29 is 18.4 Å². The van der Waals surface area contributed by atoms with Crippen molar-refractivity contribution in [1.29, 1.82) is 0 Å². The van der Waals surface area contributed by atoms with Crippen LogP contribution in [0.15, 0.2) is 18.2 Å². The maximum atomic E-state index is 13.8. The molecule has 4 rings (SSSR count). The van der Waals surface area contributed by atoms with Gasteiger partial charge < -0.3 is 9.80 Å². The number of benzene rings is 1. The van der Waals surface area contributed by atoms with Crippen molar-refractivity contribution in [2.24, 2.45) is 0 Å². The summed E-state index contributed by atoms with van der Waals surface area (Å²) in [7, 11) is 0. The molecule has 2 aliphatic heterocycles. The lowest BCUT2D eigenvalue weighted by molar-refractivity contribution is -0.131. The monoisotopic (exact) mass is 374 g/mol. The van der Waals surface area contributed by atoms with Gasteiger partial charge in [-0.05, 0) is 31.0 Å². The van der Waals surface area contributed by atoms with Gasteiger partial charge in [0.25, 0.3) is 5.91 Å². The number of halogens is 2. The Morgan fingerprint density at radius 3 is 2.67 bits per heavy atom. The average Bonchev–Trinajstić information content (AvgIpc) is 3.33. The average molecular weight is 374 g/mol. The fraction of sp³-hybridized carbons (Fsp3) is 0.421. The minimum atomic E-state index is -0.601. The molecule has 142 valence electrons. The zero-order valence-corrected chi connectivity index (χ0v) is 14.8. The van der Waals surface area contributed by atoms with Gasteiger partial charge >= 0.3 is 0 Å². The van der Waals surface area contributed by atoms with E-state index in [2.05, 4.69) is 10.2 Å². The molecule has 2 aromatic rings. The lowest BCUT2D eigenvalue weighted by Crippen LogP contribution is -2.38. The molecule has 0 bridgehead atoms. The van der Waals surface area contributed by atoms with Crippen LogP contribution >= 0.6 is 0 Å². The zero-order chi connectivity index (χ0) is 19.0. The highest BCUT2D eigenvalue weighted by Crippen LogP contribution is 2.24. The van der Waals surface area contributed by atoms with E-state index in [1.54, 1.807) is 9.80 Å². The number of aromatic nitrogens is 2. The van der Waals surface area contributed by atoms with Crippen LogP contribution in [0.25, 0.3) is 0 Å². The van der Waals surface area contributed by atoms with Crippen molar-refractivity contribution in [1.82, 2.24) is 20.0 Å². The number of amides is 2. The van der Waals surface area contributed by atoms with E-state index < -0.39 is 11.6 Å². The van der Waals surface area contributed by atoms with E-state index in [1.807, 2.05) is 0 Å². The zero-order valence-electron chi connectivity index (χ0n) is 14.8. The van der Waals surface area contributed by atoms with E-state index >= 15 is 0 Å². The highest BCUT2D eigenvalue weighted by atomic mass is 19.1. The van der Waals surface area contributed by atoms with Gasteiger partial charge in [0.1, 0.15) is 11.6 Å². The smallest absolute Gasteiger partial charge is 0.274 e. The van der Waals surface area contributed by atoms with Gasteiger partial charge in [-0.2, -0.15) is 5.10 Å². The fourth-order valence-electron chi connectivity index (χ4n) is 3.71. The van der Waals surface area contributed by atoms with Crippen LogP contribution in [0.2, 0.25) is 0 Å². The largest absolute Gasteiger partial charge is 0.338 e. The Balaban J connectivity index is 1.50. The van der Waals surface area contributed by atoms with E-state index in [0.29, 0.717) is 18.7 Å². The Bertz CT molecular complexity index is 890. The van der Waals surface area contributed by atoms with Crippen LogP contribution in [-0.4, -0.2) is 51.4 Å². The van der Waals surface area contributed by atoms with Gasteiger partial charge in [0.2, 0.25) is 5.91 Å². The molecular weight excluding hydrogens is 354 g/mol. The van der Waals surface area contributed by atoms with Gasteiger partial charge in [-0.3, -0.25) is 14.7 Å². The number of aromatic amines is 1. The molecule has 0 saturated carbocycles. The van der Waals surface area contributed by atoms with E-state index in [1.165, 1.54) is 0 Å². The molecular formula is C19H20F2N4O2. The van der Waals surface area contributed by atoms with Crippen molar-refractivity contribution >= 4 is 11.8 Å². The van der Waals surface area contributed by atoms with Gasteiger partial charge in [0.15, 0.2) is 5.69 Å². The summed E-state index contributed by atoms with van der Waals surface area (Å²) < 4.78 is 27.2. The Labute approximate surface area is 155 Å². The number of likely N-dealkylation sites (tertiary alicyclic amines) is 1. The molecule has 1 N–H and O–H groups in total. The molecule has 1 aromatic carbocycles. The molecule has 0 unspecified atom stereocenters. The Kier molecular flexibility index (Phi) is 4.63. The van der Waals surface area contributed by atoms with Gasteiger partial charge in [0, 0.05) is 49.4 Å². The predicted molar refractivity (Wildman–Crippen MR) is 92.9 cm³/mol. The number of nitrogens with one attached hydrogen (secondary N) is 1. The molecule has 1 fully saturated rings. The second kappa shape index (κ2) is 7.09. The summed E-state index contributed by atoms with van der Waals surface area (Å²) in [5.74, 6) is -1.59. The molecule has 0 spiro atoms. The van der Waals surface area contributed by atoms with E-state index in [9.17, 15) is 18.4 Å². The van der Waals surface area contributed by atoms with Crippen molar-refractivity contribution in [3.8, 4) is 0 Å². The first-order chi connectivity index (χ1) is 13.0. The number of fused-ring (bicyclic) bond motifs is 1. The number of hydrogen-bond donors (Lipinski definition) is 1. The van der Waals surface area contributed by atoms with Crippen LogP contribution in [0.4, 0.5) is 8.78 Å². The molecule has 6 nitrogen and oxygen atoms in total. The first-order valence-electron chi connectivity index (χ1n) is 9.10. The summed E-state index contributed by atoms with van der Waals surface area (Å²) >= 11 is 0. The number of nitrogens with zero attached hydrogens (tertiary/aromatic N) is 3. The standard InChI is InChI=1S/C19H20F2N4O2/c20-13-3-4-15(21)12(9-13)10-17(26)25-8-5-16-14(11-25)18(23-22-16)19(27)24-6-1-2-7-24/h3-4,9H,1-2,5-8,10-11H2,(H,22,23). The first-order valence-corrected chi connectivity index (χ1v) is 9.10. The number of H-pyrrole nitrogens is 1. The van der Waals surface area contributed by atoms with Crippen LogP contribution in [-0.2, 0) is 24.2 Å². The number of hydrogen-bond acceptors (Lipinski definition) is 3. The lowest BCUT2D eigenvalue weighted by atomic mass is 10.0. The quantitative estimate of drug-likeness (QED) is 0.894. The lowest BCUT2D eigenvalue weighted by Gasteiger charge is -2.27. The van der Waals surface area contributed by atoms with Crippen LogP contribution in [0, 0.1) is 11.6 Å². The van der Waals surface area contributed by atoms with Crippen LogP contribution < -0.4 is 0 Å². The van der Waals surface area contributed by atoms with Crippen molar-refractivity contribution in [3.63, 3.8) is 0 Å². The predicted octanol–water partition coefficient (Wildman–Crippen LogP) is 2.05. The summed E-state index contributed by atoms with van der Waals surface area (Å²) in [6.07, 6.45) is 2.31. The first kappa shape index (κ1) is 17.6. The van der Waals surface area contributed by atoms with E-state index in [4.69, 9.17) is 0 Å². The minimum Gasteiger partial charge on any atom is -0.338 e. The van der Waals surface area contributed by atoms with Gasteiger partial charge in [-0.1, -0.05) is 0 Å². The summed E-state index contributed by atoms with van der Waals surface area (Å²) in [5.41, 5.74) is 1.98. The second-order valence-electron chi connectivity index (χ2n) is 7.01. The minimum absolute atomic E-state index is 0.0337. The number of carbonyl (C=O) groups is 2. The maximum Gasteiger partial charge on any atom is 0.274 e. The molecule has 0 aliphatic carbocycles. The van der Waals surface area contributed by atoms with Gasteiger partial charge in [-0.25, -0.2) is 8.78 Å². The van der Waals surface area contributed by atoms with Crippen LogP contribution in [0.5, 0.6) is 0 Å². The summed E-state index contributed by atoms with van der Waals surface area (Å²) in [5, 5.41) is 7.09. The maximum absolute atomic E-state index is 13.8. The highest BCUT2D eigenvalue weighted by Gasteiger charge is 2.30. The molecule has 0 atom stereocenters. The van der Waals surface area contributed by atoms with Crippen molar-refractivity contribution in [2.45, 2.75) is 32.2 Å². The topological polar surface area (TPSA) is 69.3 Å². The third kappa shape index (κ3) is 3.43. The third-order valence-corrected chi connectivity index (χ3v) is 5.23.